The lowest BCUT2D eigenvalue weighted by Gasteiger charge is -2.27. The lowest BCUT2D eigenvalue weighted by Crippen LogP contribution is -2.37. The molecule has 1 saturated heterocycles. The van der Waals surface area contributed by atoms with E-state index in [1.165, 1.54) is 6.42 Å². The smallest absolute Gasteiger partial charge is 0.253 e. The molecular weight excluding hydrogens is 252 g/mol. The fourth-order valence-electron chi connectivity index (χ4n) is 2.60. The highest BCUT2D eigenvalue weighted by molar-refractivity contribution is 5.95. The van der Waals surface area contributed by atoms with Crippen LogP contribution in [0.5, 0.6) is 0 Å². The second-order valence-corrected chi connectivity index (χ2v) is 5.45. The van der Waals surface area contributed by atoms with E-state index in [9.17, 15) is 4.79 Å². The second kappa shape index (κ2) is 6.75. The molecule has 0 bridgehead atoms. The fourth-order valence-corrected chi connectivity index (χ4v) is 2.60. The average molecular weight is 276 g/mol. The molecule has 1 aromatic carbocycles. The quantitative estimate of drug-likeness (QED) is 0.919. The number of nitrogens with one attached hydrogen (secondary N) is 1. The number of amides is 1. The Morgan fingerprint density at radius 1 is 1.45 bits per heavy atom. The van der Waals surface area contributed by atoms with E-state index in [4.69, 9.17) is 4.74 Å². The Balaban J connectivity index is 2.02. The average Bonchev–Trinajstić information content (AvgIpc) is 2.47. The van der Waals surface area contributed by atoms with Crippen molar-refractivity contribution in [3.8, 4) is 0 Å². The third-order valence-electron chi connectivity index (χ3n) is 3.84. The van der Waals surface area contributed by atoms with Crippen LogP contribution in [-0.2, 0) is 4.74 Å². The summed E-state index contributed by atoms with van der Waals surface area (Å²) < 4.78 is 5.70. The van der Waals surface area contributed by atoms with Crippen molar-refractivity contribution in [3.05, 3.63) is 29.3 Å². The van der Waals surface area contributed by atoms with Gasteiger partial charge in [0.25, 0.3) is 5.91 Å². The van der Waals surface area contributed by atoms with Crippen molar-refractivity contribution in [2.24, 2.45) is 0 Å². The van der Waals surface area contributed by atoms with E-state index in [1.54, 1.807) is 4.90 Å². The van der Waals surface area contributed by atoms with E-state index in [0.717, 1.165) is 36.3 Å². The van der Waals surface area contributed by atoms with Crippen LogP contribution in [0.2, 0.25) is 0 Å². The van der Waals surface area contributed by atoms with Crippen LogP contribution in [0.15, 0.2) is 18.2 Å². The molecule has 2 rings (SSSR count). The maximum Gasteiger partial charge on any atom is 0.253 e. The molecule has 0 aliphatic carbocycles. The Morgan fingerprint density at radius 3 is 2.85 bits per heavy atom. The monoisotopic (exact) mass is 276 g/mol. The summed E-state index contributed by atoms with van der Waals surface area (Å²) in [4.78, 5) is 14.3. The van der Waals surface area contributed by atoms with Gasteiger partial charge in [0.05, 0.1) is 6.10 Å². The number of rotatable bonds is 4. The zero-order chi connectivity index (χ0) is 14.5. The van der Waals surface area contributed by atoms with Crippen LogP contribution >= 0.6 is 0 Å². The van der Waals surface area contributed by atoms with E-state index >= 15 is 0 Å². The number of hydrogen-bond donors (Lipinski definition) is 1. The molecule has 0 saturated carbocycles. The minimum atomic E-state index is 0.0688. The maximum atomic E-state index is 12.5. The molecule has 1 fully saturated rings. The number of hydrogen-bond acceptors (Lipinski definition) is 3. The molecule has 20 heavy (non-hydrogen) atoms. The summed E-state index contributed by atoms with van der Waals surface area (Å²) in [6, 6.07) is 5.82. The molecule has 1 N–H and O–H groups in total. The first-order chi connectivity index (χ1) is 9.61. The Morgan fingerprint density at radius 2 is 2.25 bits per heavy atom. The minimum absolute atomic E-state index is 0.0688. The summed E-state index contributed by atoms with van der Waals surface area (Å²) in [5.41, 5.74) is 2.79. The van der Waals surface area contributed by atoms with Crippen LogP contribution in [0.4, 0.5) is 5.69 Å². The number of nitrogens with zero attached hydrogens (tertiary/aromatic N) is 1. The largest absolute Gasteiger partial charge is 0.388 e. The first kappa shape index (κ1) is 14.9. The molecule has 1 heterocycles. The number of ether oxygens (including phenoxy) is 1. The molecule has 0 aromatic heterocycles. The van der Waals surface area contributed by atoms with Crippen LogP contribution in [0.1, 0.15) is 35.2 Å². The van der Waals surface area contributed by atoms with Crippen molar-refractivity contribution in [2.45, 2.75) is 32.3 Å². The Labute approximate surface area is 121 Å². The normalized spacial score (nSPS) is 18.6. The summed E-state index contributed by atoms with van der Waals surface area (Å²) in [5.74, 6) is 0.0688. The predicted molar refractivity (Wildman–Crippen MR) is 81.3 cm³/mol. The summed E-state index contributed by atoms with van der Waals surface area (Å²) in [6.07, 6.45) is 3.57. The highest BCUT2D eigenvalue weighted by Gasteiger charge is 2.20. The van der Waals surface area contributed by atoms with Gasteiger partial charge >= 0.3 is 0 Å². The zero-order valence-corrected chi connectivity index (χ0v) is 12.6. The minimum Gasteiger partial charge on any atom is -0.388 e. The molecule has 1 aliphatic heterocycles. The third kappa shape index (κ3) is 3.51. The van der Waals surface area contributed by atoms with Gasteiger partial charge in [0.1, 0.15) is 0 Å². The van der Waals surface area contributed by atoms with Gasteiger partial charge in [0.15, 0.2) is 0 Å². The first-order valence-corrected chi connectivity index (χ1v) is 7.27. The molecule has 110 valence electrons. The zero-order valence-electron chi connectivity index (χ0n) is 12.6. The van der Waals surface area contributed by atoms with Crippen molar-refractivity contribution < 1.29 is 9.53 Å². The van der Waals surface area contributed by atoms with E-state index in [1.807, 2.05) is 39.2 Å². The number of aryl methyl sites for hydroxylation is 1. The van der Waals surface area contributed by atoms with Gasteiger partial charge in [0, 0.05) is 38.5 Å². The Hall–Kier alpha value is -1.55. The Kier molecular flexibility index (Phi) is 5.01. The standard InChI is InChI=1S/C16H24N2O2/c1-12-10-13(17-2)7-8-15(12)16(19)18(3)11-14-6-4-5-9-20-14/h7-8,10,14,17H,4-6,9,11H2,1-3H3. The van der Waals surface area contributed by atoms with Gasteiger partial charge in [-0.3, -0.25) is 4.79 Å². The number of carbonyl (C=O) groups is 1. The van der Waals surface area contributed by atoms with Gasteiger partial charge in [-0.1, -0.05) is 0 Å². The topological polar surface area (TPSA) is 41.6 Å². The van der Waals surface area contributed by atoms with Crippen LogP contribution in [0.3, 0.4) is 0 Å². The summed E-state index contributed by atoms with van der Waals surface area (Å²) in [5, 5.41) is 3.08. The molecule has 1 aliphatic rings. The van der Waals surface area contributed by atoms with Gasteiger partial charge in [-0.05, 0) is 49.9 Å². The van der Waals surface area contributed by atoms with Crippen molar-refractivity contribution in [1.29, 1.82) is 0 Å². The summed E-state index contributed by atoms with van der Waals surface area (Å²) >= 11 is 0. The van der Waals surface area contributed by atoms with Crippen LogP contribution < -0.4 is 5.32 Å². The maximum absolute atomic E-state index is 12.5. The fraction of sp³-hybridized carbons (Fsp3) is 0.562. The first-order valence-electron chi connectivity index (χ1n) is 7.27. The number of likely N-dealkylation sites (N-methyl/N-ethyl adjacent to an activating group) is 1. The summed E-state index contributed by atoms with van der Waals surface area (Å²) in [7, 11) is 3.73. The van der Waals surface area contributed by atoms with Gasteiger partial charge in [-0.15, -0.1) is 0 Å². The van der Waals surface area contributed by atoms with Crippen molar-refractivity contribution in [3.63, 3.8) is 0 Å². The molecule has 1 atom stereocenters. The molecule has 0 spiro atoms. The molecule has 1 amide bonds. The SMILES string of the molecule is CNc1ccc(C(=O)N(C)CC2CCCCO2)c(C)c1. The van der Waals surface area contributed by atoms with Crippen molar-refractivity contribution >= 4 is 11.6 Å². The molecule has 1 unspecified atom stereocenters. The van der Waals surface area contributed by atoms with E-state index in [0.29, 0.717) is 6.54 Å². The van der Waals surface area contributed by atoms with Crippen LogP contribution in [0, 0.1) is 6.92 Å². The number of carbonyl (C=O) groups excluding carboxylic acids is 1. The van der Waals surface area contributed by atoms with Crippen LogP contribution in [0.25, 0.3) is 0 Å². The molecule has 4 nitrogen and oxygen atoms in total. The van der Waals surface area contributed by atoms with Crippen LogP contribution in [-0.4, -0.2) is 44.2 Å². The van der Waals surface area contributed by atoms with Crippen molar-refractivity contribution in [2.75, 3.05) is 32.6 Å². The summed E-state index contributed by atoms with van der Waals surface area (Å²) in [6.45, 7) is 3.47. The number of anilines is 1. The lowest BCUT2D eigenvalue weighted by atomic mass is 10.1. The molecular formula is C16H24N2O2. The van der Waals surface area contributed by atoms with E-state index in [-0.39, 0.29) is 12.0 Å². The second-order valence-electron chi connectivity index (χ2n) is 5.45. The number of benzene rings is 1. The molecule has 0 radical (unpaired) electrons. The predicted octanol–water partition coefficient (Wildman–Crippen LogP) is 2.68. The highest BCUT2D eigenvalue weighted by atomic mass is 16.5. The lowest BCUT2D eigenvalue weighted by molar-refractivity contribution is -0.000201. The highest BCUT2D eigenvalue weighted by Crippen LogP contribution is 2.18. The molecule has 1 aromatic rings. The van der Waals surface area contributed by atoms with Gasteiger partial charge in [-0.25, -0.2) is 0 Å². The van der Waals surface area contributed by atoms with Crippen molar-refractivity contribution in [1.82, 2.24) is 4.90 Å². The van der Waals surface area contributed by atoms with Gasteiger partial charge < -0.3 is 15.0 Å². The third-order valence-corrected chi connectivity index (χ3v) is 3.84. The molecule has 4 heteroatoms. The van der Waals surface area contributed by atoms with E-state index in [2.05, 4.69) is 5.32 Å². The van der Waals surface area contributed by atoms with Gasteiger partial charge in [0.2, 0.25) is 0 Å². The Bertz CT molecular complexity index is 468. The van der Waals surface area contributed by atoms with Gasteiger partial charge in [-0.2, -0.15) is 0 Å². The van der Waals surface area contributed by atoms with E-state index < -0.39 is 0 Å².